The number of rotatable bonds is 2. The van der Waals surface area contributed by atoms with Crippen LogP contribution in [0.15, 0.2) is 42.5 Å². The maximum atomic E-state index is 13.1. The summed E-state index contributed by atoms with van der Waals surface area (Å²) in [6.07, 6.45) is 0. The molecule has 0 aliphatic heterocycles. The summed E-state index contributed by atoms with van der Waals surface area (Å²) >= 11 is 5.82. The molecule has 2 aromatic rings. The second kappa shape index (κ2) is 5.19. The highest BCUT2D eigenvalue weighted by atomic mass is 35.5. The van der Waals surface area contributed by atoms with Crippen LogP contribution in [-0.4, -0.2) is 5.91 Å². The van der Waals surface area contributed by atoms with Crippen molar-refractivity contribution in [3.05, 3.63) is 64.4 Å². The lowest BCUT2D eigenvalue weighted by atomic mass is 10.1. The van der Waals surface area contributed by atoms with Gasteiger partial charge < -0.3 is 5.32 Å². The van der Waals surface area contributed by atoms with Crippen molar-refractivity contribution in [2.45, 2.75) is 6.92 Å². The van der Waals surface area contributed by atoms with Gasteiger partial charge in [0.15, 0.2) is 0 Å². The fraction of sp³-hybridized carbons (Fsp3) is 0.0714. The Labute approximate surface area is 109 Å². The smallest absolute Gasteiger partial charge is 0.255 e. The van der Waals surface area contributed by atoms with Gasteiger partial charge in [-0.3, -0.25) is 4.79 Å². The van der Waals surface area contributed by atoms with Crippen LogP contribution in [0.1, 0.15) is 15.9 Å². The third-order valence-electron chi connectivity index (χ3n) is 2.50. The van der Waals surface area contributed by atoms with Crippen LogP contribution < -0.4 is 5.32 Å². The average molecular weight is 264 g/mol. The number of hydrogen-bond acceptors (Lipinski definition) is 1. The summed E-state index contributed by atoms with van der Waals surface area (Å²) in [5.41, 5.74) is 1.46. The molecule has 2 rings (SSSR count). The van der Waals surface area contributed by atoms with Gasteiger partial charge in [0.1, 0.15) is 5.82 Å². The Morgan fingerprint density at radius 1 is 1.22 bits per heavy atom. The molecule has 0 aromatic heterocycles. The molecule has 0 bridgehead atoms. The molecule has 0 aliphatic rings. The molecule has 0 saturated carbocycles. The number of halogens is 2. The topological polar surface area (TPSA) is 29.1 Å². The zero-order chi connectivity index (χ0) is 13.1. The first kappa shape index (κ1) is 12.6. The summed E-state index contributed by atoms with van der Waals surface area (Å²) in [6.45, 7) is 1.62. The van der Waals surface area contributed by atoms with Crippen molar-refractivity contribution in [3.8, 4) is 0 Å². The number of hydrogen-bond donors (Lipinski definition) is 1. The third kappa shape index (κ3) is 2.87. The molecule has 2 aromatic carbocycles. The number of carbonyl (C=O) groups is 1. The van der Waals surface area contributed by atoms with Gasteiger partial charge in [-0.25, -0.2) is 4.39 Å². The third-order valence-corrected chi connectivity index (χ3v) is 2.74. The number of benzene rings is 2. The van der Waals surface area contributed by atoms with E-state index in [0.29, 0.717) is 21.8 Å². The zero-order valence-corrected chi connectivity index (χ0v) is 10.5. The molecule has 4 heteroatoms. The molecule has 1 amide bonds. The van der Waals surface area contributed by atoms with Gasteiger partial charge in [-0.15, -0.1) is 0 Å². The molecule has 0 spiro atoms. The molecular weight excluding hydrogens is 253 g/mol. The van der Waals surface area contributed by atoms with E-state index in [4.69, 9.17) is 11.6 Å². The van der Waals surface area contributed by atoms with Crippen LogP contribution in [0, 0.1) is 12.7 Å². The van der Waals surface area contributed by atoms with Gasteiger partial charge in [0.05, 0.1) is 0 Å². The molecule has 18 heavy (non-hydrogen) atoms. The minimum Gasteiger partial charge on any atom is -0.322 e. The standard InChI is InChI=1S/C14H11ClFNO/c1-9-7-10(5-6-13(9)16)14(18)17-12-4-2-3-11(15)8-12/h2-8H,1H3,(H,17,18). The number of nitrogens with one attached hydrogen (secondary N) is 1. The van der Waals surface area contributed by atoms with Gasteiger partial charge in [0.25, 0.3) is 5.91 Å². The molecule has 0 heterocycles. The quantitative estimate of drug-likeness (QED) is 0.870. The second-order valence-electron chi connectivity index (χ2n) is 3.93. The molecule has 0 fully saturated rings. The van der Waals surface area contributed by atoms with E-state index in [2.05, 4.69) is 5.32 Å². The molecular formula is C14H11ClFNO. The predicted octanol–water partition coefficient (Wildman–Crippen LogP) is 4.04. The monoisotopic (exact) mass is 263 g/mol. The van der Waals surface area contributed by atoms with Crippen molar-refractivity contribution in [2.75, 3.05) is 5.32 Å². The van der Waals surface area contributed by atoms with Crippen LogP contribution in [-0.2, 0) is 0 Å². The first-order valence-corrected chi connectivity index (χ1v) is 5.77. The SMILES string of the molecule is Cc1cc(C(=O)Nc2cccc(Cl)c2)ccc1F. The van der Waals surface area contributed by atoms with Gasteiger partial charge in [-0.2, -0.15) is 0 Å². The van der Waals surface area contributed by atoms with E-state index in [9.17, 15) is 9.18 Å². The highest BCUT2D eigenvalue weighted by molar-refractivity contribution is 6.30. The summed E-state index contributed by atoms with van der Waals surface area (Å²) in [7, 11) is 0. The van der Waals surface area contributed by atoms with Gasteiger partial charge in [-0.05, 0) is 48.9 Å². The molecule has 0 saturated heterocycles. The van der Waals surface area contributed by atoms with E-state index in [0.717, 1.165) is 0 Å². The van der Waals surface area contributed by atoms with Crippen LogP contribution in [0.4, 0.5) is 10.1 Å². The zero-order valence-electron chi connectivity index (χ0n) is 9.71. The van der Waals surface area contributed by atoms with E-state index in [1.807, 2.05) is 0 Å². The molecule has 2 nitrogen and oxygen atoms in total. The largest absolute Gasteiger partial charge is 0.322 e. The van der Waals surface area contributed by atoms with Gasteiger partial charge in [0, 0.05) is 16.3 Å². The van der Waals surface area contributed by atoms with Gasteiger partial charge in [-0.1, -0.05) is 17.7 Å². The molecule has 92 valence electrons. The molecule has 0 radical (unpaired) electrons. The second-order valence-corrected chi connectivity index (χ2v) is 4.36. The van der Waals surface area contributed by atoms with Crippen LogP contribution in [0.3, 0.4) is 0 Å². The Bertz CT molecular complexity index is 598. The van der Waals surface area contributed by atoms with Crippen LogP contribution in [0.25, 0.3) is 0 Å². The lowest BCUT2D eigenvalue weighted by Crippen LogP contribution is -2.12. The van der Waals surface area contributed by atoms with Crippen LogP contribution in [0.2, 0.25) is 5.02 Å². The number of amides is 1. The maximum Gasteiger partial charge on any atom is 0.255 e. The first-order valence-electron chi connectivity index (χ1n) is 5.39. The van der Waals surface area contributed by atoms with E-state index in [1.165, 1.54) is 18.2 Å². The summed E-state index contributed by atoms with van der Waals surface area (Å²) < 4.78 is 13.1. The molecule has 0 aliphatic carbocycles. The highest BCUT2D eigenvalue weighted by Gasteiger charge is 2.08. The Kier molecular flexibility index (Phi) is 3.63. The predicted molar refractivity (Wildman–Crippen MR) is 70.5 cm³/mol. The van der Waals surface area contributed by atoms with Crippen molar-refractivity contribution >= 4 is 23.2 Å². The summed E-state index contributed by atoms with van der Waals surface area (Å²) in [4.78, 5) is 11.9. The highest BCUT2D eigenvalue weighted by Crippen LogP contribution is 2.16. The van der Waals surface area contributed by atoms with Crippen molar-refractivity contribution in [2.24, 2.45) is 0 Å². The Morgan fingerprint density at radius 2 is 2.00 bits per heavy atom. The van der Waals surface area contributed by atoms with E-state index < -0.39 is 0 Å². The summed E-state index contributed by atoms with van der Waals surface area (Å²) in [5.74, 6) is -0.616. The maximum absolute atomic E-state index is 13.1. The summed E-state index contributed by atoms with van der Waals surface area (Å²) in [5, 5.41) is 3.24. The van der Waals surface area contributed by atoms with Crippen molar-refractivity contribution in [3.63, 3.8) is 0 Å². The van der Waals surface area contributed by atoms with Crippen LogP contribution >= 0.6 is 11.6 Å². The average Bonchev–Trinajstić information content (AvgIpc) is 2.32. The van der Waals surface area contributed by atoms with Crippen molar-refractivity contribution in [1.29, 1.82) is 0 Å². The fourth-order valence-corrected chi connectivity index (χ4v) is 1.75. The van der Waals surface area contributed by atoms with Crippen molar-refractivity contribution in [1.82, 2.24) is 0 Å². The lowest BCUT2D eigenvalue weighted by Gasteiger charge is -2.06. The fourth-order valence-electron chi connectivity index (χ4n) is 1.56. The van der Waals surface area contributed by atoms with E-state index >= 15 is 0 Å². The van der Waals surface area contributed by atoms with Gasteiger partial charge >= 0.3 is 0 Å². The normalized spacial score (nSPS) is 10.2. The van der Waals surface area contributed by atoms with Crippen molar-refractivity contribution < 1.29 is 9.18 Å². The lowest BCUT2D eigenvalue weighted by molar-refractivity contribution is 0.102. The number of anilines is 1. The molecule has 0 atom stereocenters. The Balaban J connectivity index is 2.19. The molecule has 1 N–H and O–H groups in total. The molecule has 0 unspecified atom stereocenters. The first-order chi connectivity index (χ1) is 8.56. The minimum atomic E-state index is -0.325. The summed E-state index contributed by atoms with van der Waals surface area (Å²) in [6, 6.07) is 11.1. The van der Waals surface area contributed by atoms with Gasteiger partial charge in [0.2, 0.25) is 0 Å². The van der Waals surface area contributed by atoms with E-state index in [1.54, 1.807) is 31.2 Å². The minimum absolute atomic E-state index is 0.291. The van der Waals surface area contributed by atoms with Crippen LogP contribution in [0.5, 0.6) is 0 Å². The Morgan fingerprint density at radius 3 is 2.67 bits per heavy atom. The Hall–Kier alpha value is -1.87. The number of aryl methyl sites for hydroxylation is 1. The number of carbonyl (C=O) groups excluding carboxylic acids is 1. The van der Waals surface area contributed by atoms with E-state index in [-0.39, 0.29) is 11.7 Å².